The molecule has 3 atom stereocenters. The molecule has 11 nitrogen and oxygen atoms in total. The van der Waals surface area contributed by atoms with Crippen LogP contribution in [0.3, 0.4) is 0 Å². The fraction of sp³-hybridized carbons (Fsp3) is 0.365. The van der Waals surface area contributed by atoms with Crippen molar-refractivity contribution in [2.75, 3.05) is 45.9 Å². The van der Waals surface area contributed by atoms with Gasteiger partial charge in [-0.3, -0.25) is 19.8 Å². The van der Waals surface area contributed by atoms with Crippen LogP contribution >= 0.6 is 22.7 Å². The average Bonchev–Trinajstić information content (AvgIpc) is 4.22. The zero-order valence-electron chi connectivity index (χ0n) is 37.1. The molecule has 336 valence electrons. The molecule has 2 aromatic heterocycles. The molecule has 0 saturated carbocycles. The quantitative estimate of drug-likeness (QED) is 0.0995. The van der Waals surface area contributed by atoms with E-state index in [4.69, 9.17) is 9.97 Å². The van der Waals surface area contributed by atoms with Gasteiger partial charge < -0.3 is 20.0 Å². The van der Waals surface area contributed by atoms with Crippen LogP contribution in [0.15, 0.2) is 122 Å². The lowest BCUT2D eigenvalue weighted by molar-refractivity contribution is -0.135. The summed E-state index contributed by atoms with van der Waals surface area (Å²) in [7, 11) is 0. The molecule has 5 heterocycles. The fourth-order valence-corrected chi connectivity index (χ4v) is 11.3. The van der Waals surface area contributed by atoms with Crippen molar-refractivity contribution in [2.24, 2.45) is 0 Å². The van der Waals surface area contributed by atoms with Gasteiger partial charge in [-0.05, 0) is 91.4 Å². The first-order valence-corrected chi connectivity index (χ1v) is 24.9. The number of hydrogen-bond donors (Lipinski definition) is 2. The van der Waals surface area contributed by atoms with Gasteiger partial charge in [-0.2, -0.15) is 0 Å². The highest BCUT2D eigenvalue weighted by Gasteiger charge is 2.38. The average molecular weight is 907 g/mol. The van der Waals surface area contributed by atoms with Gasteiger partial charge in [0.25, 0.3) is 0 Å². The van der Waals surface area contributed by atoms with E-state index in [0.29, 0.717) is 26.3 Å². The fourth-order valence-electron chi connectivity index (χ4n) is 9.30. The second-order valence-corrected chi connectivity index (χ2v) is 19.5. The smallest absolute Gasteiger partial charge is 0.318 e. The normalized spacial score (nSPS) is 17.3. The third-order valence-electron chi connectivity index (χ3n) is 12.8. The van der Waals surface area contributed by atoms with Gasteiger partial charge in [-0.1, -0.05) is 116 Å². The number of nitrogens with one attached hydrogen (secondary N) is 2. The Balaban J connectivity index is 0.838. The molecule has 0 aliphatic carbocycles. The first-order valence-electron chi connectivity index (χ1n) is 23.2. The summed E-state index contributed by atoms with van der Waals surface area (Å²) in [5, 5.41) is 8.51. The summed E-state index contributed by atoms with van der Waals surface area (Å²) >= 11 is 3.27. The lowest BCUT2D eigenvalue weighted by Crippen LogP contribution is -2.46. The van der Waals surface area contributed by atoms with Crippen LogP contribution in [0.4, 0.5) is 4.79 Å². The summed E-state index contributed by atoms with van der Waals surface area (Å²) in [6, 6.07) is 35.3. The lowest BCUT2D eigenvalue weighted by atomic mass is 10.0. The molecule has 4 amide bonds. The Hall–Kier alpha value is -5.73. The van der Waals surface area contributed by atoms with E-state index in [-0.39, 0.29) is 23.9 Å². The zero-order chi connectivity index (χ0) is 44.5. The third-order valence-corrected chi connectivity index (χ3v) is 15.0. The molecule has 3 saturated heterocycles. The summed E-state index contributed by atoms with van der Waals surface area (Å²) in [5.41, 5.74) is 6.18. The molecule has 3 fully saturated rings. The van der Waals surface area contributed by atoms with Gasteiger partial charge in [-0.25, -0.2) is 14.8 Å². The molecule has 0 radical (unpaired) electrons. The van der Waals surface area contributed by atoms with Gasteiger partial charge in [0.15, 0.2) is 0 Å². The topological polar surface area (TPSA) is 114 Å². The molecule has 3 aliphatic heterocycles. The first-order chi connectivity index (χ1) is 31.9. The summed E-state index contributed by atoms with van der Waals surface area (Å²) in [6.07, 6.45) is 10.8. The SMILES string of the molecule is CCCN(Cc1ncc(-c2ccc(-c3ccc(-c4cnc(C5CCCN5C(=O)C(NC(=O)N5CCCC5)c5ccccc5)s4)cc3)cc2)s1)C(=O)C(NCN1CCCC1)c1ccccc1. The first kappa shape index (κ1) is 44.5. The van der Waals surface area contributed by atoms with Crippen LogP contribution in [0.25, 0.3) is 32.0 Å². The number of likely N-dealkylation sites (tertiary alicyclic amines) is 3. The molecule has 2 N–H and O–H groups in total. The van der Waals surface area contributed by atoms with E-state index >= 15 is 0 Å². The largest absolute Gasteiger partial charge is 0.334 e. The molecule has 65 heavy (non-hydrogen) atoms. The van der Waals surface area contributed by atoms with E-state index in [1.165, 1.54) is 12.8 Å². The van der Waals surface area contributed by atoms with Crippen LogP contribution in [-0.2, 0) is 16.1 Å². The molecule has 0 spiro atoms. The van der Waals surface area contributed by atoms with Crippen LogP contribution in [0.5, 0.6) is 0 Å². The van der Waals surface area contributed by atoms with Crippen molar-refractivity contribution >= 4 is 40.5 Å². The zero-order valence-corrected chi connectivity index (χ0v) is 38.7. The second kappa shape index (κ2) is 21.1. The molecule has 6 aromatic rings. The number of amides is 4. The maximum Gasteiger partial charge on any atom is 0.318 e. The highest BCUT2D eigenvalue weighted by Crippen LogP contribution is 2.39. The molecular weight excluding hydrogens is 849 g/mol. The van der Waals surface area contributed by atoms with Crippen LogP contribution in [0.2, 0.25) is 0 Å². The van der Waals surface area contributed by atoms with Gasteiger partial charge in [0.1, 0.15) is 22.1 Å². The van der Waals surface area contributed by atoms with Crippen LogP contribution < -0.4 is 10.6 Å². The van der Waals surface area contributed by atoms with E-state index in [9.17, 15) is 14.4 Å². The van der Waals surface area contributed by atoms with Crippen molar-refractivity contribution < 1.29 is 14.4 Å². The molecule has 3 unspecified atom stereocenters. The van der Waals surface area contributed by atoms with Gasteiger partial charge in [0.05, 0.1) is 22.3 Å². The number of urea groups is 1. The Morgan fingerprint density at radius 3 is 1.88 bits per heavy atom. The Bertz CT molecular complexity index is 2500. The summed E-state index contributed by atoms with van der Waals surface area (Å²) in [4.78, 5) is 61.6. The number of benzene rings is 4. The number of aromatic nitrogens is 2. The Morgan fingerprint density at radius 1 is 0.677 bits per heavy atom. The highest BCUT2D eigenvalue weighted by molar-refractivity contribution is 7.15. The number of hydrogen-bond acceptors (Lipinski definition) is 9. The minimum Gasteiger partial charge on any atom is -0.334 e. The van der Waals surface area contributed by atoms with E-state index in [2.05, 4.69) is 71.0 Å². The van der Waals surface area contributed by atoms with Crippen molar-refractivity contribution in [1.29, 1.82) is 0 Å². The van der Waals surface area contributed by atoms with Crippen molar-refractivity contribution in [3.8, 4) is 32.0 Å². The number of carbonyl (C=O) groups is 3. The maximum absolute atomic E-state index is 14.3. The lowest BCUT2D eigenvalue weighted by Gasteiger charge is -2.29. The van der Waals surface area contributed by atoms with Crippen LogP contribution in [0.1, 0.15) is 91.1 Å². The van der Waals surface area contributed by atoms with E-state index in [1.807, 2.05) is 82.9 Å². The molecular formula is C52H58N8O3S2. The van der Waals surface area contributed by atoms with Crippen molar-refractivity contribution in [1.82, 2.24) is 40.2 Å². The standard InChI is InChI=1S/C52H58N8O3S2/c1-2-27-59(50(61)47(41-14-5-3-6-15-41)55-36-57-28-9-10-29-57)35-46-53-33-44(64-46)39-23-19-37(20-24-39)38-21-25-40(26-22-38)45-34-54-49(65-45)43-18-13-32-60(43)51(62)48(42-16-7-4-8-17-42)56-52(63)58-30-11-12-31-58/h3-8,14-17,19-26,33-34,43,47-48,55H,2,9-13,18,27-32,35-36H2,1H3,(H,56,63). The minimum atomic E-state index is -0.755. The minimum absolute atomic E-state index is 0.0839. The van der Waals surface area contributed by atoms with Crippen molar-refractivity contribution in [3.05, 3.63) is 143 Å². The maximum atomic E-state index is 14.3. The number of nitrogens with zero attached hydrogens (tertiary/aromatic N) is 6. The predicted molar refractivity (Wildman–Crippen MR) is 260 cm³/mol. The highest BCUT2D eigenvalue weighted by atomic mass is 32.1. The van der Waals surface area contributed by atoms with Crippen LogP contribution in [-0.4, -0.2) is 93.4 Å². The Labute approximate surface area is 390 Å². The molecule has 13 heteroatoms. The van der Waals surface area contributed by atoms with E-state index in [1.54, 1.807) is 27.6 Å². The van der Waals surface area contributed by atoms with Crippen molar-refractivity contribution in [2.45, 2.75) is 76.5 Å². The molecule has 4 aromatic carbocycles. The second-order valence-electron chi connectivity index (χ2n) is 17.3. The van der Waals surface area contributed by atoms with Crippen LogP contribution in [0, 0.1) is 0 Å². The van der Waals surface area contributed by atoms with Crippen molar-refractivity contribution in [3.63, 3.8) is 0 Å². The van der Waals surface area contributed by atoms with E-state index in [0.717, 1.165) is 111 Å². The summed E-state index contributed by atoms with van der Waals surface area (Å²) in [5.74, 6) is -0.00572. The third kappa shape index (κ3) is 10.5. The summed E-state index contributed by atoms with van der Waals surface area (Å²) in [6.45, 7) is 8.15. The Morgan fingerprint density at radius 2 is 1.25 bits per heavy atom. The molecule has 9 rings (SSSR count). The van der Waals surface area contributed by atoms with Gasteiger partial charge in [-0.15, -0.1) is 22.7 Å². The predicted octanol–water partition coefficient (Wildman–Crippen LogP) is 9.93. The number of rotatable bonds is 16. The summed E-state index contributed by atoms with van der Waals surface area (Å²) < 4.78 is 0. The van der Waals surface area contributed by atoms with Gasteiger partial charge >= 0.3 is 6.03 Å². The van der Waals surface area contributed by atoms with E-state index < -0.39 is 12.1 Å². The molecule has 3 aliphatic rings. The van der Waals surface area contributed by atoms with Gasteiger partial charge in [0.2, 0.25) is 11.8 Å². The number of thiazole rings is 2. The molecule has 0 bridgehead atoms. The Kier molecular flexibility index (Phi) is 14.4. The number of carbonyl (C=O) groups excluding carboxylic acids is 3. The monoisotopic (exact) mass is 906 g/mol. The van der Waals surface area contributed by atoms with Gasteiger partial charge in [0, 0.05) is 45.2 Å².